The molecule has 1 aliphatic carbocycles. The Balaban J connectivity index is 1.31. The molecule has 0 aliphatic heterocycles. The summed E-state index contributed by atoms with van der Waals surface area (Å²) < 4.78 is 40.6. The lowest BCUT2D eigenvalue weighted by atomic mass is 9.93. The van der Waals surface area contributed by atoms with Crippen LogP contribution in [0, 0.1) is 13.8 Å². The Morgan fingerprint density at radius 3 is 2.19 bits per heavy atom. The Labute approximate surface area is 246 Å². The van der Waals surface area contributed by atoms with Gasteiger partial charge in [-0.15, -0.1) is 0 Å². The number of rotatable bonds is 11. The SMILES string of the molecule is Cc1cc(OC2CCC(NS(=O)(=O)N(C)C)CC2)c(C)cc1Oc1ccc(CC(=O)Nc2ccccc2C(=O)O)cc1. The van der Waals surface area contributed by atoms with E-state index in [1.165, 1.54) is 24.5 Å². The fourth-order valence-corrected chi connectivity index (χ4v) is 5.62. The number of nitrogens with zero attached hydrogens (tertiary/aromatic N) is 1. The molecule has 3 aromatic rings. The van der Waals surface area contributed by atoms with Crippen LogP contribution in [-0.2, 0) is 21.4 Å². The molecule has 4 rings (SSSR count). The van der Waals surface area contributed by atoms with Gasteiger partial charge in [0, 0.05) is 20.1 Å². The van der Waals surface area contributed by atoms with Crippen molar-refractivity contribution in [3.05, 3.63) is 82.9 Å². The number of hydrogen-bond acceptors (Lipinski definition) is 6. The Bertz CT molecular complexity index is 1530. The third-order valence-electron chi connectivity index (χ3n) is 7.18. The highest BCUT2D eigenvalue weighted by atomic mass is 32.2. The Kier molecular flexibility index (Phi) is 9.87. The summed E-state index contributed by atoms with van der Waals surface area (Å²) in [7, 11) is -0.421. The van der Waals surface area contributed by atoms with Gasteiger partial charge in [-0.1, -0.05) is 24.3 Å². The normalized spacial score (nSPS) is 17.1. The van der Waals surface area contributed by atoms with Gasteiger partial charge in [0.05, 0.1) is 23.8 Å². The monoisotopic (exact) mass is 595 g/mol. The van der Waals surface area contributed by atoms with Crippen molar-refractivity contribution in [3.63, 3.8) is 0 Å². The van der Waals surface area contributed by atoms with E-state index in [1.54, 1.807) is 42.5 Å². The van der Waals surface area contributed by atoms with Crippen molar-refractivity contribution >= 4 is 27.8 Å². The second-order valence-electron chi connectivity index (χ2n) is 10.7. The molecule has 11 heteroatoms. The Morgan fingerprint density at radius 1 is 0.929 bits per heavy atom. The summed E-state index contributed by atoms with van der Waals surface area (Å²) >= 11 is 0. The zero-order valence-electron chi connectivity index (χ0n) is 24.2. The number of benzene rings is 3. The molecule has 0 radical (unpaired) electrons. The molecule has 10 nitrogen and oxygen atoms in total. The zero-order chi connectivity index (χ0) is 30.4. The molecule has 0 heterocycles. The van der Waals surface area contributed by atoms with Gasteiger partial charge in [0.2, 0.25) is 5.91 Å². The van der Waals surface area contributed by atoms with E-state index < -0.39 is 16.2 Å². The molecule has 0 atom stereocenters. The highest BCUT2D eigenvalue weighted by molar-refractivity contribution is 7.87. The Hall–Kier alpha value is -3.93. The van der Waals surface area contributed by atoms with Gasteiger partial charge in [0.1, 0.15) is 17.2 Å². The average molecular weight is 596 g/mol. The molecule has 0 spiro atoms. The maximum absolute atomic E-state index is 12.5. The third kappa shape index (κ3) is 8.09. The summed E-state index contributed by atoms with van der Waals surface area (Å²) in [6, 6.07) is 17.2. The number of carbonyl (C=O) groups excluding carboxylic acids is 1. The number of para-hydroxylation sites is 1. The van der Waals surface area contributed by atoms with E-state index in [4.69, 9.17) is 9.47 Å². The first-order valence-corrected chi connectivity index (χ1v) is 15.2. The third-order valence-corrected chi connectivity index (χ3v) is 8.78. The van der Waals surface area contributed by atoms with Crippen LogP contribution in [0.3, 0.4) is 0 Å². The first-order chi connectivity index (χ1) is 19.9. The van der Waals surface area contributed by atoms with Gasteiger partial charge in [0.25, 0.3) is 10.2 Å². The minimum atomic E-state index is -3.45. The van der Waals surface area contributed by atoms with Gasteiger partial charge >= 0.3 is 5.97 Å². The second-order valence-corrected chi connectivity index (χ2v) is 12.6. The van der Waals surface area contributed by atoms with Crippen molar-refractivity contribution in [2.75, 3.05) is 19.4 Å². The molecule has 1 fully saturated rings. The molecule has 3 N–H and O–H groups in total. The zero-order valence-corrected chi connectivity index (χ0v) is 25.0. The quantitative estimate of drug-likeness (QED) is 0.282. The predicted molar refractivity (Wildman–Crippen MR) is 161 cm³/mol. The predicted octanol–water partition coefficient (Wildman–Crippen LogP) is 5.06. The minimum Gasteiger partial charge on any atom is -0.490 e. The van der Waals surface area contributed by atoms with Gasteiger partial charge in [-0.2, -0.15) is 17.4 Å². The number of amides is 1. The summed E-state index contributed by atoms with van der Waals surface area (Å²) in [6.07, 6.45) is 3.04. The number of anilines is 1. The second kappa shape index (κ2) is 13.4. The van der Waals surface area contributed by atoms with Crippen molar-refractivity contribution in [3.8, 4) is 17.2 Å². The number of carbonyl (C=O) groups is 2. The van der Waals surface area contributed by atoms with Crippen molar-refractivity contribution < 1.29 is 32.6 Å². The average Bonchev–Trinajstić information content (AvgIpc) is 2.93. The van der Waals surface area contributed by atoms with Gasteiger partial charge in [-0.25, -0.2) is 4.79 Å². The fraction of sp³-hybridized carbons (Fsp3) is 0.355. The van der Waals surface area contributed by atoms with Crippen molar-refractivity contribution in [1.29, 1.82) is 0 Å². The van der Waals surface area contributed by atoms with Crippen LogP contribution in [-0.4, -0.2) is 55.9 Å². The van der Waals surface area contributed by atoms with Crippen LogP contribution in [0.15, 0.2) is 60.7 Å². The van der Waals surface area contributed by atoms with Crippen LogP contribution in [0.1, 0.15) is 52.7 Å². The molecule has 1 saturated carbocycles. The lowest BCUT2D eigenvalue weighted by Crippen LogP contribution is -2.44. The van der Waals surface area contributed by atoms with E-state index in [-0.39, 0.29) is 35.7 Å². The lowest BCUT2D eigenvalue weighted by molar-refractivity contribution is -0.115. The van der Waals surface area contributed by atoms with Crippen LogP contribution >= 0.6 is 0 Å². The van der Waals surface area contributed by atoms with Crippen LogP contribution in [0.2, 0.25) is 0 Å². The number of carboxylic acid groups (broad SMARTS) is 1. The number of aromatic carboxylic acids is 1. The summed E-state index contributed by atoms with van der Waals surface area (Å²) in [4.78, 5) is 23.9. The maximum atomic E-state index is 12.5. The molecule has 0 aromatic heterocycles. The smallest absolute Gasteiger partial charge is 0.337 e. The molecule has 1 amide bonds. The fourth-order valence-electron chi connectivity index (χ4n) is 4.75. The highest BCUT2D eigenvalue weighted by Gasteiger charge is 2.27. The number of hydrogen-bond donors (Lipinski definition) is 3. The highest BCUT2D eigenvalue weighted by Crippen LogP contribution is 2.33. The molecule has 224 valence electrons. The molecule has 1 aliphatic rings. The number of aryl methyl sites for hydroxylation is 2. The van der Waals surface area contributed by atoms with Crippen LogP contribution in [0.25, 0.3) is 0 Å². The van der Waals surface area contributed by atoms with Crippen LogP contribution < -0.4 is 19.5 Å². The first kappa shape index (κ1) is 31.0. The van der Waals surface area contributed by atoms with Gasteiger partial charge in [-0.05, 0) is 92.6 Å². The van der Waals surface area contributed by atoms with Crippen LogP contribution in [0.5, 0.6) is 17.2 Å². The number of ether oxygens (including phenoxy) is 2. The molecule has 3 aromatic carbocycles. The summed E-state index contributed by atoms with van der Waals surface area (Å²) in [5, 5.41) is 12.0. The molecular formula is C31H37N3O7S. The topological polar surface area (TPSA) is 134 Å². The molecule has 42 heavy (non-hydrogen) atoms. The largest absolute Gasteiger partial charge is 0.490 e. The van der Waals surface area contributed by atoms with E-state index in [2.05, 4.69) is 10.0 Å². The van der Waals surface area contributed by atoms with Gasteiger partial charge < -0.3 is 19.9 Å². The van der Waals surface area contributed by atoms with Crippen molar-refractivity contribution in [2.24, 2.45) is 0 Å². The standard InChI is InChI=1S/C31H37N3O7S/c1-20-18-29(41-25-15-11-23(12-16-25)33-42(38,39)34(3)4)21(2)17-28(20)40-24-13-9-22(10-14-24)19-30(35)32-27-8-6-5-7-26(27)31(36)37/h5-10,13-14,17-18,23,25,33H,11-12,15-16,19H2,1-4H3,(H,32,35)(H,36,37). The van der Waals surface area contributed by atoms with E-state index in [0.717, 1.165) is 35.3 Å². The van der Waals surface area contributed by atoms with E-state index >= 15 is 0 Å². The van der Waals surface area contributed by atoms with E-state index in [1.807, 2.05) is 26.0 Å². The molecule has 0 saturated heterocycles. The van der Waals surface area contributed by atoms with E-state index in [9.17, 15) is 23.1 Å². The first-order valence-electron chi connectivity index (χ1n) is 13.8. The number of nitrogens with one attached hydrogen (secondary N) is 2. The van der Waals surface area contributed by atoms with E-state index in [0.29, 0.717) is 24.3 Å². The Morgan fingerprint density at radius 2 is 1.55 bits per heavy atom. The van der Waals surface area contributed by atoms with Crippen molar-refractivity contribution in [1.82, 2.24) is 9.03 Å². The van der Waals surface area contributed by atoms with Gasteiger partial charge in [0.15, 0.2) is 0 Å². The summed E-state index contributed by atoms with van der Waals surface area (Å²) in [5.74, 6) is 0.668. The maximum Gasteiger partial charge on any atom is 0.337 e. The lowest BCUT2D eigenvalue weighted by Gasteiger charge is -2.30. The number of carboxylic acids is 1. The summed E-state index contributed by atoms with van der Waals surface area (Å²) in [6.45, 7) is 3.91. The minimum absolute atomic E-state index is 0.0114. The molecule has 0 unspecified atom stereocenters. The van der Waals surface area contributed by atoms with Gasteiger partial charge in [-0.3, -0.25) is 4.79 Å². The molecular weight excluding hydrogens is 558 g/mol. The van der Waals surface area contributed by atoms with Crippen LogP contribution in [0.4, 0.5) is 5.69 Å². The van der Waals surface area contributed by atoms with Crippen molar-refractivity contribution in [2.45, 2.75) is 58.1 Å². The summed E-state index contributed by atoms with van der Waals surface area (Å²) in [5.41, 5.74) is 2.89. The molecule has 0 bridgehead atoms.